The highest BCUT2D eigenvalue weighted by atomic mass is 79.9. The predicted octanol–water partition coefficient (Wildman–Crippen LogP) is 2.64. The average Bonchev–Trinajstić information content (AvgIpc) is 2.66. The van der Waals surface area contributed by atoms with Crippen molar-refractivity contribution in [3.8, 4) is 0 Å². The number of nitrogens with two attached hydrogens (primary N) is 1. The van der Waals surface area contributed by atoms with E-state index in [1.165, 1.54) is 0 Å². The summed E-state index contributed by atoms with van der Waals surface area (Å²) in [5.41, 5.74) is 7.60. The van der Waals surface area contributed by atoms with E-state index in [1.807, 2.05) is 10.9 Å². The van der Waals surface area contributed by atoms with Crippen LogP contribution in [0.2, 0.25) is 0 Å². The van der Waals surface area contributed by atoms with Crippen LogP contribution in [-0.4, -0.2) is 35.3 Å². The maximum Gasteiger partial charge on any atom is 0.0699 e. The van der Waals surface area contributed by atoms with E-state index in [9.17, 15) is 0 Å². The molecule has 0 aliphatic carbocycles. The van der Waals surface area contributed by atoms with Crippen LogP contribution in [0.3, 0.4) is 0 Å². The molecule has 0 amide bonds. The normalized spacial score (nSPS) is 14.2. The molecule has 0 radical (unpaired) electrons. The van der Waals surface area contributed by atoms with Gasteiger partial charge in [0.25, 0.3) is 0 Å². The Morgan fingerprint density at radius 1 is 1.50 bits per heavy atom. The van der Waals surface area contributed by atoms with Gasteiger partial charge in [0, 0.05) is 6.54 Å². The summed E-state index contributed by atoms with van der Waals surface area (Å²) < 4.78 is 3.03. The summed E-state index contributed by atoms with van der Waals surface area (Å²) in [5.74, 6) is 0. The van der Waals surface area contributed by atoms with Crippen LogP contribution in [-0.2, 0) is 6.54 Å². The zero-order valence-corrected chi connectivity index (χ0v) is 13.7. The van der Waals surface area contributed by atoms with Gasteiger partial charge in [-0.25, -0.2) is 0 Å². The van der Waals surface area contributed by atoms with Crippen LogP contribution in [0.15, 0.2) is 10.7 Å². The van der Waals surface area contributed by atoms with Crippen molar-refractivity contribution >= 4 is 15.9 Å². The van der Waals surface area contributed by atoms with Gasteiger partial charge in [-0.05, 0) is 41.9 Å². The van der Waals surface area contributed by atoms with Gasteiger partial charge < -0.3 is 10.6 Å². The van der Waals surface area contributed by atoms with Crippen molar-refractivity contribution in [2.45, 2.75) is 39.8 Å². The summed E-state index contributed by atoms with van der Waals surface area (Å²) in [6.07, 6.45) is 2.88. The molecule has 0 aliphatic rings. The van der Waals surface area contributed by atoms with Crippen LogP contribution in [0.4, 0.5) is 0 Å². The highest BCUT2D eigenvalue weighted by Crippen LogP contribution is 2.37. The van der Waals surface area contributed by atoms with Crippen molar-refractivity contribution in [2.24, 2.45) is 11.1 Å². The van der Waals surface area contributed by atoms with E-state index in [4.69, 9.17) is 5.73 Å². The van der Waals surface area contributed by atoms with Crippen LogP contribution in [0.5, 0.6) is 0 Å². The number of nitrogens with zero attached hydrogens (tertiary/aromatic N) is 3. The smallest absolute Gasteiger partial charge is 0.0699 e. The molecule has 0 fully saturated rings. The second-order valence-electron chi connectivity index (χ2n) is 5.72. The van der Waals surface area contributed by atoms with E-state index < -0.39 is 0 Å². The number of hydrogen-bond donors (Lipinski definition) is 1. The van der Waals surface area contributed by atoms with E-state index >= 15 is 0 Å². The number of halogens is 1. The highest BCUT2D eigenvalue weighted by Gasteiger charge is 2.30. The lowest BCUT2D eigenvalue weighted by Gasteiger charge is -2.31. The minimum Gasteiger partial charge on any atom is -0.322 e. The Morgan fingerprint density at radius 3 is 2.61 bits per heavy atom. The lowest BCUT2D eigenvalue weighted by Crippen LogP contribution is -2.32. The third-order valence-electron chi connectivity index (χ3n) is 3.64. The molecule has 1 atom stereocenters. The van der Waals surface area contributed by atoms with Crippen LogP contribution in [0, 0.1) is 5.41 Å². The van der Waals surface area contributed by atoms with Gasteiger partial charge in [-0.15, -0.1) is 0 Å². The van der Waals surface area contributed by atoms with Gasteiger partial charge in [0.05, 0.1) is 29.0 Å². The number of likely N-dealkylation sites (N-methyl/N-ethyl adjacent to an activating group) is 1. The third-order valence-corrected chi connectivity index (χ3v) is 4.25. The van der Waals surface area contributed by atoms with E-state index in [1.54, 1.807) is 0 Å². The number of rotatable bonds is 6. The molecule has 0 aromatic carbocycles. The van der Waals surface area contributed by atoms with Gasteiger partial charge in [0.15, 0.2) is 0 Å². The fourth-order valence-electron chi connectivity index (χ4n) is 1.74. The Balaban J connectivity index is 2.97. The quantitative estimate of drug-likeness (QED) is 0.877. The summed E-state index contributed by atoms with van der Waals surface area (Å²) in [7, 11) is 4.13. The molecule has 104 valence electrons. The van der Waals surface area contributed by atoms with Crippen molar-refractivity contribution in [2.75, 3.05) is 20.6 Å². The molecule has 2 N–H and O–H groups in total. The largest absolute Gasteiger partial charge is 0.322 e. The number of aromatic nitrogens is 2. The van der Waals surface area contributed by atoms with Crippen molar-refractivity contribution in [3.05, 3.63) is 16.4 Å². The van der Waals surface area contributed by atoms with Gasteiger partial charge in [-0.2, -0.15) is 5.10 Å². The molecule has 0 aliphatic heterocycles. The van der Waals surface area contributed by atoms with Gasteiger partial charge in [-0.3, -0.25) is 4.68 Å². The first-order valence-electron chi connectivity index (χ1n) is 6.41. The van der Waals surface area contributed by atoms with Crippen molar-refractivity contribution in [3.63, 3.8) is 0 Å². The zero-order chi connectivity index (χ0) is 13.9. The summed E-state index contributed by atoms with van der Waals surface area (Å²) in [4.78, 5) is 2.15. The molecule has 0 spiro atoms. The van der Waals surface area contributed by atoms with Gasteiger partial charge >= 0.3 is 0 Å². The fourth-order valence-corrected chi connectivity index (χ4v) is 2.29. The standard InChI is InChI=1S/C13H25BrN4/c1-6-13(2,3)12(15)11-10(14)9-16-18(11)8-7-17(4)5/h9,12H,6-8,15H2,1-5H3. The average molecular weight is 317 g/mol. The molecule has 18 heavy (non-hydrogen) atoms. The maximum atomic E-state index is 6.43. The van der Waals surface area contributed by atoms with Crippen LogP contribution in [0.25, 0.3) is 0 Å². The Labute approximate surface area is 119 Å². The van der Waals surface area contributed by atoms with Crippen molar-refractivity contribution in [1.82, 2.24) is 14.7 Å². The Morgan fingerprint density at radius 2 is 2.11 bits per heavy atom. The zero-order valence-electron chi connectivity index (χ0n) is 12.1. The topological polar surface area (TPSA) is 47.1 Å². The van der Waals surface area contributed by atoms with E-state index in [0.717, 1.165) is 29.7 Å². The fraction of sp³-hybridized carbons (Fsp3) is 0.769. The van der Waals surface area contributed by atoms with Crippen molar-refractivity contribution in [1.29, 1.82) is 0 Å². The third kappa shape index (κ3) is 3.56. The molecule has 4 nitrogen and oxygen atoms in total. The lowest BCUT2D eigenvalue weighted by atomic mass is 9.81. The summed E-state index contributed by atoms with van der Waals surface area (Å²) in [6, 6.07) is -0.0125. The first-order chi connectivity index (χ1) is 8.29. The molecule has 5 heteroatoms. The number of hydrogen-bond acceptors (Lipinski definition) is 3. The van der Waals surface area contributed by atoms with Gasteiger partial charge in [-0.1, -0.05) is 20.8 Å². The first kappa shape index (κ1) is 15.7. The van der Waals surface area contributed by atoms with Crippen LogP contribution in [0.1, 0.15) is 38.9 Å². The van der Waals surface area contributed by atoms with Gasteiger partial charge in [0.2, 0.25) is 0 Å². The van der Waals surface area contributed by atoms with E-state index in [2.05, 4.69) is 60.8 Å². The second-order valence-corrected chi connectivity index (χ2v) is 6.58. The Kier molecular flexibility index (Phi) is 5.37. The van der Waals surface area contributed by atoms with Gasteiger partial charge in [0.1, 0.15) is 0 Å². The second kappa shape index (κ2) is 6.17. The Hall–Kier alpha value is -0.390. The molecule has 1 rings (SSSR count). The molecule has 1 aromatic heterocycles. The molecular weight excluding hydrogens is 292 g/mol. The lowest BCUT2D eigenvalue weighted by molar-refractivity contribution is 0.261. The maximum absolute atomic E-state index is 6.43. The van der Waals surface area contributed by atoms with E-state index in [0.29, 0.717) is 0 Å². The summed E-state index contributed by atoms with van der Waals surface area (Å²) in [6.45, 7) is 8.40. The minimum atomic E-state index is -0.0125. The molecule has 1 heterocycles. The van der Waals surface area contributed by atoms with E-state index in [-0.39, 0.29) is 11.5 Å². The molecule has 0 bridgehead atoms. The molecule has 1 aromatic rings. The summed E-state index contributed by atoms with van der Waals surface area (Å²) >= 11 is 3.57. The molecular formula is C13H25BrN4. The monoisotopic (exact) mass is 316 g/mol. The first-order valence-corrected chi connectivity index (χ1v) is 7.20. The van der Waals surface area contributed by atoms with Crippen LogP contribution < -0.4 is 5.73 Å². The SMILES string of the molecule is CCC(C)(C)C(N)c1c(Br)cnn1CCN(C)C. The minimum absolute atomic E-state index is 0.0125. The molecule has 0 saturated carbocycles. The highest BCUT2D eigenvalue weighted by molar-refractivity contribution is 9.10. The van der Waals surface area contributed by atoms with Crippen LogP contribution >= 0.6 is 15.9 Å². The summed E-state index contributed by atoms with van der Waals surface area (Å²) in [5, 5.41) is 4.42. The van der Waals surface area contributed by atoms with Crippen molar-refractivity contribution < 1.29 is 0 Å². The molecule has 0 saturated heterocycles. The molecule has 1 unspecified atom stereocenters. The Bertz CT molecular complexity index is 384. The predicted molar refractivity (Wildman–Crippen MR) is 79.5 cm³/mol.